The zero-order valence-corrected chi connectivity index (χ0v) is 10.2. The Hall–Kier alpha value is -0.520. The molecule has 1 aliphatic heterocycles. The fourth-order valence-electron chi connectivity index (χ4n) is 1.95. The maximum Gasteiger partial charge on any atom is 0.104 e. The van der Waals surface area contributed by atoms with Gasteiger partial charge in [0.05, 0.1) is 13.2 Å². The fraction of sp³-hybridized carbons (Fsp3) is 1.00. The van der Waals surface area contributed by atoms with Gasteiger partial charge in [0.25, 0.3) is 0 Å². The van der Waals surface area contributed by atoms with Crippen molar-refractivity contribution in [2.75, 3.05) is 59.0 Å². The van der Waals surface area contributed by atoms with Crippen LogP contribution >= 0.6 is 0 Å². The zero-order valence-electron chi connectivity index (χ0n) is 10.2. The topological polar surface area (TPSA) is 45.1 Å². The number of nitrogens with zero attached hydrogens (tertiary/aromatic N) is 3. The molecule has 16 heavy (non-hydrogen) atoms. The average Bonchev–Trinajstić information content (AvgIpc) is 2.31. The van der Waals surface area contributed by atoms with Gasteiger partial charge in [-0.1, -0.05) is 12.1 Å². The summed E-state index contributed by atoms with van der Waals surface area (Å²) in [6.07, 6.45) is 1.24. The Morgan fingerprint density at radius 2 is 1.69 bits per heavy atom. The van der Waals surface area contributed by atoms with Crippen LogP contribution in [0.5, 0.6) is 0 Å². The van der Waals surface area contributed by atoms with Crippen LogP contribution in [0.1, 0.15) is 13.3 Å². The van der Waals surface area contributed by atoms with Crippen molar-refractivity contribution >= 4 is 0 Å². The van der Waals surface area contributed by atoms with Gasteiger partial charge in [-0.15, -0.1) is 0 Å². The molecule has 1 rings (SSSR count). The molecule has 0 saturated carbocycles. The van der Waals surface area contributed by atoms with E-state index in [9.17, 15) is 4.91 Å². The molecule has 0 radical (unpaired) electrons. The van der Waals surface area contributed by atoms with Crippen molar-refractivity contribution in [3.8, 4) is 0 Å². The first-order valence-electron chi connectivity index (χ1n) is 6.18. The summed E-state index contributed by atoms with van der Waals surface area (Å²) in [6.45, 7) is 10.5. The Bertz CT molecular complexity index is 182. The minimum absolute atomic E-state index is 0.268. The van der Waals surface area contributed by atoms with Gasteiger partial charge in [0, 0.05) is 32.7 Å². The Morgan fingerprint density at radius 3 is 2.25 bits per heavy atom. The predicted molar refractivity (Wildman–Crippen MR) is 64.7 cm³/mol. The third-order valence-corrected chi connectivity index (χ3v) is 2.88. The Balaban J connectivity index is 1.97. The van der Waals surface area contributed by atoms with Crippen LogP contribution in [0, 0.1) is 4.91 Å². The molecule has 1 aliphatic rings. The molecule has 0 spiro atoms. The van der Waals surface area contributed by atoms with Crippen LogP contribution in [0.3, 0.4) is 0 Å². The molecule has 5 nitrogen and oxygen atoms in total. The van der Waals surface area contributed by atoms with Crippen LogP contribution in [-0.2, 0) is 4.74 Å². The summed E-state index contributed by atoms with van der Waals surface area (Å²) in [7, 11) is 0. The normalized spacial score (nSPS) is 18.8. The van der Waals surface area contributed by atoms with Crippen molar-refractivity contribution in [2.24, 2.45) is 5.18 Å². The molecule has 0 amide bonds. The van der Waals surface area contributed by atoms with E-state index < -0.39 is 0 Å². The van der Waals surface area contributed by atoms with Crippen molar-refractivity contribution < 1.29 is 4.74 Å². The van der Waals surface area contributed by atoms with Crippen LogP contribution in [0.25, 0.3) is 0 Å². The smallest absolute Gasteiger partial charge is 0.104 e. The molecule has 0 bridgehead atoms. The zero-order chi connectivity index (χ0) is 11.6. The molecule has 5 heteroatoms. The van der Waals surface area contributed by atoms with Gasteiger partial charge in [-0.25, -0.2) is 0 Å². The van der Waals surface area contributed by atoms with Crippen molar-refractivity contribution in [1.82, 2.24) is 9.80 Å². The second-order valence-corrected chi connectivity index (χ2v) is 4.15. The van der Waals surface area contributed by atoms with Gasteiger partial charge in [0.1, 0.15) is 6.54 Å². The largest absolute Gasteiger partial charge is 0.378 e. The summed E-state index contributed by atoms with van der Waals surface area (Å²) in [5.41, 5.74) is 0. The highest BCUT2D eigenvalue weighted by atomic mass is 16.5. The highest BCUT2D eigenvalue weighted by Gasteiger charge is 2.15. The molecule has 0 N–H and O–H groups in total. The highest BCUT2D eigenvalue weighted by Crippen LogP contribution is 2.01. The minimum Gasteiger partial charge on any atom is -0.378 e. The lowest BCUT2D eigenvalue weighted by molar-refractivity contribution is 0.0788. The number of piperazine rings is 1. The van der Waals surface area contributed by atoms with Crippen LogP contribution in [-0.4, -0.2) is 68.8 Å². The molecule has 0 aromatic heterocycles. The van der Waals surface area contributed by atoms with E-state index in [1.165, 1.54) is 26.1 Å². The molecule has 1 heterocycles. The monoisotopic (exact) mass is 229 g/mol. The Kier molecular flexibility index (Phi) is 7.29. The molecule has 0 aromatic carbocycles. The number of hydrogen-bond acceptors (Lipinski definition) is 5. The average molecular weight is 229 g/mol. The predicted octanol–water partition coefficient (Wildman–Crippen LogP) is 0.797. The first-order chi connectivity index (χ1) is 7.86. The van der Waals surface area contributed by atoms with Crippen LogP contribution in [0.2, 0.25) is 0 Å². The molecule has 0 atom stereocenters. The van der Waals surface area contributed by atoms with Crippen molar-refractivity contribution in [3.63, 3.8) is 0 Å². The molecule has 1 fully saturated rings. The number of ether oxygens (including phenoxy) is 1. The standard InChI is InChI=1S/C11H23N3O2/c1-2-4-13-5-7-14(8-6-13)9-11-16-10-3-12-15/h2-11H2,1H3. The molecule has 0 aliphatic carbocycles. The van der Waals surface area contributed by atoms with Gasteiger partial charge in [-0.2, -0.15) is 4.91 Å². The van der Waals surface area contributed by atoms with Gasteiger partial charge in [-0.05, 0) is 13.0 Å². The van der Waals surface area contributed by atoms with E-state index >= 15 is 0 Å². The summed E-state index contributed by atoms with van der Waals surface area (Å²) in [5, 5.41) is 2.76. The van der Waals surface area contributed by atoms with Crippen LogP contribution < -0.4 is 0 Å². The SMILES string of the molecule is CCCN1CCN(CCOCCN=O)CC1. The maximum absolute atomic E-state index is 9.82. The van der Waals surface area contributed by atoms with E-state index in [-0.39, 0.29) is 6.54 Å². The van der Waals surface area contributed by atoms with Crippen LogP contribution in [0.15, 0.2) is 5.18 Å². The van der Waals surface area contributed by atoms with Crippen molar-refractivity contribution in [3.05, 3.63) is 4.91 Å². The maximum atomic E-state index is 9.82. The second-order valence-electron chi connectivity index (χ2n) is 4.15. The lowest BCUT2D eigenvalue weighted by atomic mass is 10.3. The minimum atomic E-state index is 0.268. The number of hydrogen-bond donors (Lipinski definition) is 0. The second kappa shape index (κ2) is 8.61. The molecule has 1 saturated heterocycles. The van der Waals surface area contributed by atoms with E-state index in [0.717, 1.165) is 19.6 Å². The fourth-order valence-corrected chi connectivity index (χ4v) is 1.95. The van der Waals surface area contributed by atoms with E-state index in [2.05, 4.69) is 21.9 Å². The van der Waals surface area contributed by atoms with Gasteiger partial charge in [0.2, 0.25) is 0 Å². The van der Waals surface area contributed by atoms with E-state index in [4.69, 9.17) is 4.74 Å². The summed E-state index contributed by atoms with van der Waals surface area (Å²) in [4.78, 5) is 14.7. The number of rotatable bonds is 8. The summed E-state index contributed by atoms with van der Waals surface area (Å²) < 4.78 is 5.30. The summed E-state index contributed by atoms with van der Waals surface area (Å²) in [5.74, 6) is 0. The molecular weight excluding hydrogens is 206 g/mol. The van der Waals surface area contributed by atoms with Crippen molar-refractivity contribution in [1.29, 1.82) is 0 Å². The quantitative estimate of drug-likeness (QED) is 0.456. The highest BCUT2D eigenvalue weighted by molar-refractivity contribution is 4.71. The van der Waals surface area contributed by atoms with Gasteiger partial charge in [-0.3, -0.25) is 4.90 Å². The van der Waals surface area contributed by atoms with Crippen LogP contribution in [0.4, 0.5) is 0 Å². The third-order valence-electron chi connectivity index (χ3n) is 2.88. The Morgan fingerprint density at radius 1 is 1.06 bits per heavy atom. The summed E-state index contributed by atoms with van der Waals surface area (Å²) >= 11 is 0. The summed E-state index contributed by atoms with van der Waals surface area (Å²) in [6, 6.07) is 0. The third kappa shape index (κ3) is 5.53. The number of nitroso groups, excluding NO2 is 1. The van der Waals surface area contributed by atoms with E-state index in [1.54, 1.807) is 0 Å². The van der Waals surface area contributed by atoms with Gasteiger partial charge < -0.3 is 9.64 Å². The first-order valence-corrected chi connectivity index (χ1v) is 6.18. The van der Waals surface area contributed by atoms with E-state index in [0.29, 0.717) is 13.2 Å². The lowest BCUT2D eigenvalue weighted by Gasteiger charge is -2.34. The van der Waals surface area contributed by atoms with Gasteiger partial charge >= 0.3 is 0 Å². The lowest BCUT2D eigenvalue weighted by Crippen LogP contribution is -2.47. The molecule has 94 valence electrons. The molecule has 0 unspecified atom stereocenters. The molecule has 0 aromatic rings. The molecular formula is C11H23N3O2. The Labute approximate surface area is 97.7 Å². The first kappa shape index (κ1) is 13.5. The van der Waals surface area contributed by atoms with Crippen molar-refractivity contribution in [2.45, 2.75) is 13.3 Å². The van der Waals surface area contributed by atoms with E-state index in [1.807, 2.05) is 0 Å². The van der Waals surface area contributed by atoms with Gasteiger partial charge in [0.15, 0.2) is 0 Å².